The standard InChI is InChI=1S/C18H21BrN2O5S/c1-12-10-13(19)4-6-15(12)21-18(22)8-9-20-27(23,24)14-5-7-16(25-2)17(11-14)26-3/h4-7,10-11,20H,8-9H2,1-3H3,(H,21,22). The Bertz CT molecular complexity index is 931. The van der Waals surface area contributed by atoms with Crippen LogP contribution in [-0.4, -0.2) is 35.1 Å². The molecule has 0 unspecified atom stereocenters. The van der Waals surface area contributed by atoms with Crippen molar-refractivity contribution in [2.24, 2.45) is 0 Å². The molecule has 2 aromatic carbocycles. The highest BCUT2D eigenvalue weighted by Gasteiger charge is 2.17. The number of hydrogen-bond donors (Lipinski definition) is 2. The van der Waals surface area contributed by atoms with Gasteiger partial charge in [-0.3, -0.25) is 4.79 Å². The van der Waals surface area contributed by atoms with Crippen LogP contribution in [0.2, 0.25) is 0 Å². The Morgan fingerprint density at radius 2 is 1.78 bits per heavy atom. The van der Waals surface area contributed by atoms with Gasteiger partial charge in [-0.25, -0.2) is 13.1 Å². The number of ether oxygens (including phenoxy) is 2. The number of nitrogens with one attached hydrogen (secondary N) is 2. The van der Waals surface area contributed by atoms with Gasteiger partial charge in [0.05, 0.1) is 19.1 Å². The van der Waals surface area contributed by atoms with Gasteiger partial charge in [-0.1, -0.05) is 15.9 Å². The third-order valence-electron chi connectivity index (χ3n) is 3.77. The molecule has 0 spiro atoms. The smallest absolute Gasteiger partial charge is 0.240 e. The summed E-state index contributed by atoms with van der Waals surface area (Å²) in [6, 6.07) is 9.78. The van der Waals surface area contributed by atoms with E-state index in [0.717, 1.165) is 10.0 Å². The number of methoxy groups -OCH3 is 2. The summed E-state index contributed by atoms with van der Waals surface area (Å²) in [5.41, 5.74) is 1.59. The van der Waals surface area contributed by atoms with Crippen LogP contribution in [0.15, 0.2) is 45.8 Å². The molecule has 2 N–H and O–H groups in total. The second-order valence-electron chi connectivity index (χ2n) is 5.67. The van der Waals surface area contributed by atoms with Crippen molar-refractivity contribution in [3.63, 3.8) is 0 Å². The maximum absolute atomic E-state index is 12.4. The Hall–Kier alpha value is -2.10. The van der Waals surface area contributed by atoms with Crippen molar-refractivity contribution >= 4 is 37.5 Å². The first-order chi connectivity index (χ1) is 12.8. The van der Waals surface area contributed by atoms with Crippen molar-refractivity contribution in [1.29, 1.82) is 0 Å². The summed E-state index contributed by atoms with van der Waals surface area (Å²) >= 11 is 3.36. The maximum Gasteiger partial charge on any atom is 0.240 e. The van der Waals surface area contributed by atoms with Gasteiger partial charge in [-0.15, -0.1) is 0 Å². The van der Waals surface area contributed by atoms with E-state index in [1.54, 1.807) is 6.07 Å². The van der Waals surface area contributed by atoms with Gasteiger partial charge in [0, 0.05) is 29.2 Å². The lowest BCUT2D eigenvalue weighted by atomic mass is 10.2. The molecule has 146 valence electrons. The molecule has 2 rings (SSSR count). The van der Waals surface area contributed by atoms with Gasteiger partial charge in [-0.2, -0.15) is 0 Å². The van der Waals surface area contributed by atoms with E-state index in [-0.39, 0.29) is 23.8 Å². The molecular weight excluding hydrogens is 436 g/mol. The zero-order valence-corrected chi connectivity index (χ0v) is 17.6. The molecule has 0 atom stereocenters. The van der Waals surface area contributed by atoms with E-state index in [0.29, 0.717) is 17.2 Å². The van der Waals surface area contributed by atoms with Gasteiger partial charge in [0.2, 0.25) is 15.9 Å². The van der Waals surface area contributed by atoms with Crippen LogP contribution in [0.3, 0.4) is 0 Å². The SMILES string of the molecule is COc1ccc(S(=O)(=O)NCCC(=O)Nc2ccc(Br)cc2C)cc1OC. The number of aryl methyl sites for hydroxylation is 1. The molecule has 27 heavy (non-hydrogen) atoms. The Labute approximate surface area is 167 Å². The van der Waals surface area contributed by atoms with E-state index in [1.807, 2.05) is 19.1 Å². The highest BCUT2D eigenvalue weighted by atomic mass is 79.9. The van der Waals surface area contributed by atoms with Crippen LogP contribution >= 0.6 is 15.9 Å². The first kappa shape index (κ1) is 21.2. The number of benzene rings is 2. The van der Waals surface area contributed by atoms with Crippen LogP contribution in [0.4, 0.5) is 5.69 Å². The van der Waals surface area contributed by atoms with Gasteiger partial charge < -0.3 is 14.8 Å². The van der Waals surface area contributed by atoms with E-state index in [4.69, 9.17) is 9.47 Å². The van der Waals surface area contributed by atoms with Gasteiger partial charge in [0.1, 0.15) is 0 Å². The summed E-state index contributed by atoms with van der Waals surface area (Å²) in [6.07, 6.45) is 0.00201. The molecule has 0 aromatic heterocycles. The lowest BCUT2D eigenvalue weighted by Gasteiger charge is -2.11. The lowest BCUT2D eigenvalue weighted by molar-refractivity contribution is -0.116. The number of carbonyl (C=O) groups excluding carboxylic acids is 1. The van der Waals surface area contributed by atoms with Crippen molar-refractivity contribution in [2.75, 3.05) is 26.1 Å². The molecule has 7 nitrogen and oxygen atoms in total. The van der Waals surface area contributed by atoms with Crippen molar-refractivity contribution in [1.82, 2.24) is 4.72 Å². The molecule has 2 aromatic rings. The van der Waals surface area contributed by atoms with Crippen molar-refractivity contribution < 1.29 is 22.7 Å². The number of carbonyl (C=O) groups is 1. The third-order valence-corrected chi connectivity index (χ3v) is 5.72. The van der Waals surface area contributed by atoms with Gasteiger partial charge in [0.15, 0.2) is 11.5 Å². The third kappa shape index (κ3) is 5.69. The summed E-state index contributed by atoms with van der Waals surface area (Å²) in [6.45, 7) is 1.85. The number of sulfonamides is 1. The van der Waals surface area contributed by atoms with E-state index in [2.05, 4.69) is 26.0 Å². The van der Waals surface area contributed by atoms with Crippen molar-refractivity contribution in [3.8, 4) is 11.5 Å². The van der Waals surface area contributed by atoms with Crippen LogP contribution in [0, 0.1) is 6.92 Å². The molecule has 0 radical (unpaired) electrons. The highest BCUT2D eigenvalue weighted by molar-refractivity contribution is 9.10. The van der Waals surface area contributed by atoms with Crippen LogP contribution in [0.5, 0.6) is 11.5 Å². The zero-order chi connectivity index (χ0) is 20.0. The minimum absolute atomic E-state index is 0.00201. The quantitative estimate of drug-likeness (QED) is 0.636. The predicted molar refractivity (Wildman–Crippen MR) is 107 cm³/mol. The molecular formula is C18H21BrN2O5S. The van der Waals surface area contributed by atoms with Crippen molar-refractivity contribution in [2.45, 2.75) is 18.2 Å². The molecule has 0 aliphatic carbocycles. The van der Waals surface area contributed by atoms with Gasteiger partial charge in [-0.05, 0) is 42.8 Å². The second kappa shape index (κ2) is 9.20. The highest BCUT2D eigenvalue weighted by Crippen LogP contribution is 2.29. The summed E-state index contributed by atoms with van der Waals surface area (Å²) in [5, 5.41) is 2.77. The molecule has 1 amide bonds. The van der Waals surface area contributed by atoms with Crippen LogP contribution in [0.25, 0.3) is 0 Å². The van der Waals surface area contributed by atoms with E-state index in [9.17, 15) is 13.2 Å². The topological polar surface area (TPSA) is 93.7 Å². The summed E-state index contributed by atoms with van der Waals surface area (Å²) < 4.78 is 38.3. The molecule has 0 bridgehead atoms. The van der Waals surface area contributed by atoms with E-state index >= 15 is 0 Å². The molecule has 0 saturated heterocycles. The van der Waals surface area contributed by atoms with E-state index < -0.39 is 10.0 Å². The van der Waals surface area contributed by atoms with Crippen molar-refractivity contribution in [3.05, 3.63) is 46.4 Å². The largest absolute Gasteiger partial charge is 0.493 e. The van der Waals surface area contributed by atoms with Crippen LogP contribution < -0.4 is 19.5 Å². The normalized spacial score (nSPS) is 11.1. The number of anilines is 1. The fraction of sp³-hybridized carbons (Fsp3) is 0.278. The Morgan fingerprint density at radius 1 is 1.07 bits per heavy atom. The summed E-state index contributed by atoms with van der Waals surface area (Å²) in [5.74, 6) is 0.458. The maximum atomic E-state index is 12.4. The molecule has 0 saturated carbocycles. The second-order valence-corrected chi connectivity index (χ2v) is 8.35. The Kier molecular flexibility index (Phi) is 7.23. The first-order valence-corrected chi connectivity index (χ1v) is 10.3. The molecule has 0 aliphatic rings. The average Bonchev–Trinajstić information content (AvgIpc) is 2.63. The predicted octanol–water partition coefficient (Wildman–Crippen LogP) is 3.08. The molecule has 0 aliphatic heterocycles. The first-order valence-electron chi connectivity index (χ1n) is 8.04. The Balaban J connectivity index is 1.96. The molecule has 9 heteroatoms. The van der Waals surface area contributed by atoms with Gasteiger partial charge in [0.25, 0.3) is 0 Å². The minimum atomic E-state index is -3.77. The van der Waals surface area contributed by atoms with Gasteiger partial charge >= 0.3 is 0 Å². The number of rotatable bonds is 8. The Morgan fingerprint density at radius 3 is 2.41 bits per heavy atom. The minimum Gasteiger partial charge on any atom is -0.493 e. The van der Waals surface area contributed by atoms with E-state index in [1.165, 1.54) is 32.4 Å². The van der Waals surface area contributed by atoms with Crippen LogP contribution in [-0.2, 0) is 14.8 Å². The zero-order valence-electron chi connectivity index (χ0n) is 15.2. The monoisotopic (exact) mass is 456 g/mol. The van der Waals surface area contributed by atoms with Crippen LogP contribution in [0.1, 0.15) is 12.0 Å². The fourth-order valence-electron chi connectivity index (χ4n) is 2.35. The summed E-state index contributed by atoms with van der Waals surface area (Å²) in [4.78, 5) is 12.1. The summed E-state index contributed by atoms with van der Waals surface area (Å²) in [7, 11) is -0.877. The lowest BCUT2D eigenvalue weighted by Crippen LogP contribution is -2.28. The fourth-order valence-corrected chi connectivity index (χ4v) is 3.87. The number of amides is 1. The number of hydrogen-bond acceptors (Lipinski definition) is 5. The average molecular weight is 457 g/mol. The number of halogens is 1. The molecule has 0 heterocycles. The molecule has 0 fully saturated rings.